The number of halogens is 3. The molecule has 0 bridgehead atoms. The lowest BCUT2D eigenvalue weighted by molar-refractivity contribution is -0.137. The number of hydrogen-bond acceptors (Lipinski definition) is 7. The molecule has 166 valence electrons. The topological polar surface area (TPSA) is 114 Å². The molecule has 0 atom stereocenters. The van der Waals surface area contributed by atoms with Gasteiger partial charge in [-0.15, -0.1) is 11.3 Å². The molecule has 0 radical (unpaired) electrons. The van der Waals surface area contributed by atoms with Crippen LogP contribution < -0.4 is 10.0 Å². The molecule has 0 saturated carbocycles. The maximum absolute atomic E-state index is 12.8. The number of anilines is 1. The van der Waals surface area contributed by atoms with E-state index in [2.05, 4.69) is 20.2 Å². The van der Waals surface area contributed by atoms with Gasteiger partial charge in [0.15, 0.2) is 0 Å². The smallest absolute Gasteiger partial charge is 0.339 e. The maximum atomic E-state index is 12.8. The predicted molar refractivity (Wildman–Crippen MR) is 107 cm³/mol. The van der Waals surface area contributed by atoms with Crippen molar-refractivity contribution in [1.29, 1.82) is 0 Å². The number of aromatic nitrogens is 2. The molecule has 31 heavy (non-hydrogen) atoms. The number of benzene rings is 1. The van der Waals surface area contributed by atoms with Crippen molar-refractivity contribution in [2.75, 3.05) is 11.9 Å². The van der Waals surface area contributed by atoms with Crippen LogP contribution in [0.4, 0.5) is 18.9 Å². The summed E-state index contributed by atoms with van der Waals surface area (Å²) in [6.45, 7) is 2.76. The molecule has 2 heterocycles. The number of hydrogen-bond donors (Lipinski definition) is 2. The van der Waals surface area contributed by atoms with Crippen molar-refractivity contribution in [3.05, 3.63) is 46.7 Å². The van der Waals surface area contributed by atoms with Gasteiger partial charge in [-0.05, 0) is 31.2 Å². The van der Waals surface area contributed by atoms with Crippen molar-refractivity contribution in [2.24, 2.45) is 0 Å². The second-order valence-corrected chi connectivity index (χ2v) is 9.34. The number of carbonyl (C=O) groups excluding carboxylic acids is 1. The molecule has 1 aromatic carbocycles. The van der Waals surface area contributed by atoms with Crippen molar-refractivity contribution in [1.82, 2.24) is 14.9 Å². The zero-order valence-electron chi connectivity index (χ0n) is 16.3. The van der Waals surface area contributed by atoms with Gasteiger partial charge in [-0.2, -0.15) is 18.2 Å². The van der Waals surface area contributed by atoms with Gasteiger partial charge in [0, 0.05) is 17.0 Å². The number of nitrogens with zero attached hydrogens (tertiary/aromatic N) is 2. The standard InChI is InChI=1S/C18H17F3N4O4S2/c1-3-16-24-17(25-29-16)13-8-14(10(2)30-13)31(27,28)22-9-15(26)23-12-6-4-5-11(7-12)18(19,20)21/h4-8,22H,3,9H2,1-2H3,(H,23,26). The zero-order valence-corrected chi connectivity index (χ0v) is 17.9. The van der Waals surface area contributed by atoms with Gasteiger partial charge in [0.1, 0.15) is 0 Å². The summed E-state index contributed by atoms with van der Waals surface area (Å²) in [6.07, 6.45) is -4.03. The number of thiophene rings is 1. The van der Waals surface area contributed by atoms with Crippen LogP contribution >= 0.6 is 11.3 Å². The molecule has 3 aromatic rings. The molecule has 0 spiro atoms. The second kappa shape index (κ2) is 8.77. The molecule has 0 aliphatic heterocycles. The largest absolute Gasteiger partial charge is 0.416 e. The van der Waals surface area contributed by atoms with Gasteiger partial charge >= 0.3 is 6.18 Å². The first kappa shape index (κ1) is 22.9. The number of rotatable bonds is 7. The van der Waals surface area contributed by atoms with E-state index in [0.717, 1.165) is 29.5 Å². The quantitative estimate of drug-likeness (QED) is 0.541. The minimum Gasteiger partial charge on any atom is -0.339 e. The summed E-state index contributed by atoms with van der Waals surface area (Å²) in [5.41, 5.74) is -1.03. The molecular weight excluding hydrogens is 457 g/mol. The third-order valence-electron chi connectivity index (χ3n) is 4.05. The summed E-state index contributed by atoms with van der Waals surface area (Å²) in [4.78, 5) is 17.1. The first-order valence-electron chi connectivity index (χ1n) is 8.89. The molecule has 13 heteroatoms. The lowest BCUT2D eigenvalue weighted by atomic mass is 10.2. The van der Waals surface area contributed by atoms with Crippen molar-refractivity contribution < 1.29 is 30.9 Å². The monoisotopic (exact) mass is 474 g/mol. The Hall–Kier alpha value is -2.77. The van der Waals surface area contributed by atoms with E-state index in [0.29, 0.717) is 22.1 Å². The lowest BCUT2D eigenvalue weighted by Crippen LogP contribution is -2.33. The Kier molecular flexibility index (Phi) is 6.48. The fraction of sp³-hybridized carbons (Fsp3) is 0.278. The fourth-order valence-corrected chi connectivity index (χ4v) is 5.05. The minimum absolute atomic E-state index is 0.0535. The fourth-order valence-electron chi connectivity index (χ4n) is 2.56. The van der Waals surface area contributed by atoms with Crippen LogP contribution in [0.5, 0.6) is 0 Å². The van der Waals surface area contributed by atoms with Crippen LogP contribution in [0.25, 0.3) is 10.7 Å². The molecule has 3 rings (SSSR count). The first-order valence-corrected chi connectivity index (χ1v) is 11.2. The van der Waals surface area contributed by atoms with Gasteiger partial charge in [-0.25, -0.2) is 13.1 Å². The highest BCUT2D eigenvalue weighted by Gasteiger charge is 2.30. The average Bonchev–Trinajstić information content (AvgIpc) is 3.33. The van der Waals surface area contributed by atoms with E-state index in [9.17, 15) is 26.4 Å². The number of alkyl halides is 3. The Labute approximate surface area is 179 Å². The third-order valence-corrected chi connectivity index (χ3v) is 6.75. The van der Waals surface area contributed by atoms with E-state index in [1.54, 1.807) is 6.92 Å². The minimum atomic E-state index is -4.56. The normalized spacial score (nSPS) is 12.2. The molecule has 0 aliphatic rings. The van der Waals surface area contributed by atoms with Crippen LogP contribution in [0.2, 0.25) is 0 Å². The highest BCUT2D eigenvalue weighted by molar-refractivity contribution is 7.89. The summed E-state index contributed by atoms with van der Waals surface area (Å²) < 4.78 is 70.7. The van der Waals surface area contributed by atoms with Gasteiger partial charge in [0.2, 0.25) is 27.6 Å². The molecule has 0 unspecified atom stereocenters. The second-order valence-electron chi connectivity index (χ2n) is 6.35. The van der Waals surface area contributed by atoms with Gasteiger partial charge in [-0.1, -0.05) is 18.1 Å². The Bertz CT molecular complexity index is 1200. The van der Waals surface area contributed by atoms with Crippen LogP contribution in [0.1, 0.15) is 23.3 Å². The van der Waals surface area contributed by atoms with Crippen molar-refractivity contribution in [2.45, 2.75) is 31.3 Å². The predicted octanol–water partition coefficient (Wildman–Crippen LogP) is 3.60. The van der Waals surface area contributed by atoms with Gasteiger partial charge in [0.05, 0.1) is 21.9 Å². The Morgan fingerprint density at radius 1 is 1.26 bits per heavy atom. The lowest BCUT2D eigenvalue weighted by Gasteiger charge is -2.10. The summed E-state index contributed by atoms with van der Waals surface area (Å²) in [6, 6.07) is 5.41. The van der Waals surface area contributed by atoms with E-state index < -0.39 is 34.2 Å². The molecule has 2 aromatic heterocycles. The zero-order chi connectivity index (χ0) is 22.8. The van der Waals surface area contributed by atoms with Gasteiger partial charge in [-0.3, -0.25) is 4.79 Å². The summed E-state index contributed by atoms with van der Waals surface area (Å²) in [7, 11) is -4.06. The number of aryl methyl sites for hydroxylation is 2. The van der Waals surface area contributed by atoms with Gasteiger partial charge < -0.3 is 9.84 Å². The molecule has 1 amide bonds. The number of amides is 1. The number of sulfonamides is 1. The Balaban J connectivity index is 1.68. The average molecular weight is 474 g/mol. The first-order chi connectivity index (χ1) is 14.5. The van der Waals surface area contributed by atoms with Gasteiger partial charge in [0.25, 0.3) is 0 Å². The highest BCUT2D eigenvalue weighted by Crippen LogP contribution is 2.32. The molecule has 0 aliphatic carbocycles. The SMILES string of the molecule is CCc1nc(-c2cc(S(=O)(=O)NCC(=O)Nc3cccc(C(F)(F)F)c3)c(C)s2)no1. The van der Waals surface area contributed by atoms with E-state index in [-0.39, 0.29) is 16.4 Å². The van der Waals surface area contributed by atoms with Crippen molar-refractivity contribution >= 4 is 33.0 Å². The van der Waals surface area contributed by atoms with Crippen molar-refractivity contribution in [3.8, 4) is 10.7 Å². The van der Waals surface area contributed by atoms with Crippen molar-refractivity contribution in [3.63, 3.8) is 0 Å². The maximum Gasteiger partial charge on any atom is 0.416 e. The highest BCUT2D eigenvalue weighted by atomic mass is 32.2. The molecule has 0 saturated heterocycles. The summed E-state index contributed by atoms with van der Waals surface area (Å²) in [5, 5.41) is 6.04. The van der Waals surface area contributed by atoms with E-state index in [4.69, 9.17) is 4.52 Å². The van der Waals surface area contributed by atoms with Crippen LogP contribution in [0, 0.1) is 6.92 Å². The molecule has 0 fully saturated rings. The molecule has 2 N–H and O–H groups in total. The Morgan fingerprint density at radius 2 is 2.00 bits per heavy atom. The number of nitrogens with one attached hydrogen (secondary N) is 2. The van der Waals surface area contributed by atoms with Crippen LogP contribution in [-0.4, -0.2) is 31.0 Å². The molecular formula is C18H17F3N4O4S2. The van der Waals surface area contributed by atoms with Crippen LogP contribution in [0.15, 0.2) is 39.8 Å². The number of carbonyl (C=O) groups is 1. The summed E-state index contributed by atoms with van der Waals surface area (Å²) >= 11 is 1.15. The Morgan fingerprint density at radius 3 is 2.65 bits per heavy atom. The van der Waals surface area contributed by atoms with Crippen LogP contribution in [0.3, 0.4) is 0 Å². The van der Waals surface area contributed by atoms with E-state index >= 15 is 0 Å². The molecule has 8 nitrogen and oxygen atoms in total. The van der Waals surface area contributed by atoms with E-state index in [1.165, 1.54) is 12.1 Å². The van der Waals surface area contributed by atoms with Crippen LogP contribution in [-0.2, 0) is 27.4 Å². The van der Waals surface area contributed by atoms with E-state index in [1.807, 2.05) is 6.92 Å². The summed E-state index contributed by atoms with van der Waals surface area (Å²) in [5.74, 6) is -0.148. The third kappa shape index (κ3) is 5.48.